The third-order valence-electron chi connectivity index (χ3n) is 1.91. The van der Waals surface area contributed by atoms with Crippen molar-refractivity contribution in [3.05, 3.63) is 0 Å². The Morgan fingerprint density at radius 1 is 1.82 bits per heavy atom. The van der Waals surface area contributed by atoms with Gasteiger partial charge in [0, 0.05) is 13.0 Å². The second-order valence-corrected chi connectivity index (χ2v) is 2.78. The lowest BCUT2D eigenvalue weighted by atomic mass is 10.1. The van der Waals surface area contributed by atoms with Gasteiger partial charge in [-0.15, -0.1) is 6.42 Å². The Morgan fingerprint density at radius 2 is 2.55 bits per heavy atom. The van der Waals surface area contributed by atoms with Gasteiger partial charge in [-0.3, -0.25) is 4.79 Å². The topological polar surface area (TPSA) is 46.3 Å². The monoisotopic (exact) mass is 152 g/mol. The van der Waals surface area contributed by atoms with Gasteiger partial charge < -0.3 is 10.6 Å². The molecule has 3 nitrogen and oxygen atoms in total. The molecule has 11 heavy (non-hydrogen) atoms. The fourth-order valence-corrected chi connectivity index (χ4v) is 1.27. The standard InChI is InChI=1S/C8H12N2O/c1-2-3-10-6-7(5-9)4-8(10)11/h1,7H,3-6,9H2. The lowest BCUT2D eigenvalue weighted by molar-refractivity contribution is -0.127. The zero-order chi connectivity index (χ0) is 8.27. The van der Waals surface area contributed by atoms with E-state index in [1.54, 1.807) is 4.90 Å². The van der Waals surface area contributed by atoms with Crippen LogP contribution in [-0.2, 0) is 4.79 Å². The minimum absolute atomic E-state index is 0.137. The van der Waals surface area contributed by atoms with Crippen molar-refractivity contribution in [2.45, 2.75) is 6.42 Å². The maximum absolute atomic E-state index is 11.1. The number of amides is 1. The Morgan fingerprint density at radius 3 is 3.00 bits per heavy atom. The van der Waals surface area contributed by atoms with Crippen molar-refractivity contribution < 1.29 is 4.79 Å². The lowest BCUT2D eigenvalue weighted by Gasteiger charge is -2.11. The molecular weight excluding hydrogens is 140 g/mol. The lowest BCUT2D eigenvalue weighted by Crippen LogP contribution is -2.26. The van der Waals surface area contributed by atoms with Gasteiger partial charge >= 0.3 is 0 Å². The number of hydrogen-bond donors (Lipinski definition) is 1. The first kappa shape index (κ1) is 8.09. The second-order valence-electron chi connectivity index (χ2n) is 2.78. The molecule has 2 N–H and O–H groups in total. The molecule has 1 atom stereocenters. The molecule has 1 rings (SSSR count). The summed E-state index contributed by atoms with van der Waals surface area (Å²) >= 11 is 0. The van der Waals surface area contributed by atoms with Crippen molar-refractivity contribution in [1.29, 1.82) is 0 Å². The van der Waals surface area contributed by atoms with E-state index < -0.39 is 0 Å². The smallest absolute Gasteiger partial charge is 0.223 e. The molecular formula is C8H12N2O. The largest absolute Gasteiger partial charge is 0.331 e. The molecule has 1 fully saturated rings. The summed E-state index contributed by atoms with van der Waals surface area (Å²) in [5, 5.41) is 0. The number of hydrogen-bond acceptors (Lipinski definition) is 2. The molecule has 0 aromatic rings. The molecule has 0 aliphatic carbocycles. The third-order valence-corrected chi connectivity index (χ3v) is 1.91. The molecule has 1 heterocycles. The van der Waals surface area contributed by atoms with Gasteiger partial charge in [0.05, 0.1) is 6.54 Å². The first-order valence-electron chi connectivity index (χ1n) is 3.69. The number of nitrogens with zero attached hydrogens (tertiary/aromatic N) is 1. The van der Waals surface area contributed by atoms with Gasteiger partial charge in [-0.05, 0) is 12.5 Å². The Labute approximate surface area is 66.5 Å². The molecule has 0 saturated carbocycles. The van der Waals surface area contributed by atoms with Crippen molar-refractivity contribution in [3.63, 3.8) is 0 Å². The summed E-state index contributed by atoms with van der Waals surface area (Å²) in [5.41, 5.74) is 5.42. The summed E-state index contributed by atoms with van der Waals surface area (Å²) in [4.78, 5) is 12.8. The normalized spacial score (nSPS) is 23.8. The van der Waals surface area contributed by atoms with Crippen LogP contribution in [0.3, 0.4) is 0 Å². The average molecular weight is 152 g/mol. The van der Waals surface area contributed by atoms with Gasteiger partial charge in [-0.2, -0.15) is 0 Å². The molecule has 1 aliphatic heterocycles. The van der Waals surface area contributed by atoms with E-state index in [4.69, 9.17) is 12.2 Å². The van der Waals surface area contributed by atoms with Crippen LogP contribution in [-0.4, -0.2) is 30.4 Å². The minimum atomic E-state index is 0.137. The molecule has 0 aromatic carbocycles. The van der Waals surface area contributed by atoms with Crippen LogP contribution in [0.2, 0.25) is 0 Å². The van der Waals surface area contributed by atoms with Crippen LogP contribution < -0.4 is 5.73 Å². The van der Waals surface area contributed by atoms with Gasteiger partial charge in [-0.25, -0.2) is 0 Å². The molecule has 1 aliphatic rings. The number of carbonyl (C=O) groups is 1. The summed E-state index contributed by atoms with van der Waals surface area (Å²) in [6.07, 6.45) is 5.65. The molecule has 0 bridgehead atoms. The molecule has 1 saturated heterocycles. The Hall–Kier alpha value is -1.01. The van der Waals surface area contributed by atoms with Crippen LogP contribution in [0.5, 0.6) is 0 Å². The summed E-state index contributed by atoms with van der Waals surface area (Å²) in [5.74, 6) is 2.90. The van der Waals surface area contributed by atoms with Crippen molar-refractivity contribution in [3.8, 4) is 12.3 Å². The van der Waals surface area contributed by atoms with E-state index in [1.165, 1.54) is 0 Å². The highest BCUT2D eigenvalue weighted by atomic mass is 16.2. The predicted molar refractivity (Wildman–Crippen MR) is 42.6 cm³/mol. The molecule has 0 spiro atoms. The number of carbonyl (C=O) groups excluding carboxylic acids is 1. The molecule has 0 radical (unpaired) electrons. The van der Waals surface area contributed by atoms with Gasteiger partial charge in [0.15, 0.2) is 0 Å². The number of likely N-dealkylation sites (tertiary alicyclic amines) is 1. The van der Waals surface area contributed by atoms with Crippen molar-refractivity contribution in [2.75, 3.05) is 19.6 Å². The highest BCUT2D eigenvalue weighted by Crippen LogP contribution is 2.15. The van der Waals surface area contributed by atoms with E-state index in [0.717, 1.165) is 6.54 Å². The zero-order valence-corrected chi connectivity index (χ0v) is 6.42. The zero-order valence-electron chi connectivity index (χ0n) is 6.42. The van der Waals surface area contributed by atoms with E-state index in [-0.39, 0.29) is 5.91 Å². The highest BCUT2D eigenvalue weighted by molar-refractivity contribution is 5.78. The summed E-state index contributed by atoms with van der Waals surface area (Å²) < 4.78 is 0. The average Bonchev–Trinajstić information content (AvgIpc) is 2.33. The van der Waals surface area contributed by atoms with E-state index >= 15 is 0 Å². The van der Waals surface area contributed by atoms with Crippen molar-refractivity contribution >= 4 is 5.91 Å². The van der Waals surface area contributed by atoms with Crippen molar-refractivity contribution in [2.24, 2.45) is 11.7 Å². The van der Waals surface area contributed by atoms with Gasteiger partial charge in [0.25, 0.3) is 0 Å². The van der Waals surface area contributed by atoms with E-state index in [2.05, 4.69) is 5.92 Å². The summed E-state index contributed by atoms with van der Waals surface area (Å²) in [7, 11) is 0. The fourth-order valence-electron chi connectivity index (χ4n) is 1.27. The van der Waals surface area contributed by atoms with Crippen LogP contribution in [0.4, 0.5) is 0 Å². The van der Waals surface area contributed by atoms with E-state index in [9.17, 15) is 4.79 Å². The third kappa shape index (κ3) is 1.72. The number of terminal acetylenes is 1. The molecule has 1 unspecified atom stereocenters. The van der Waals surface area contributed by atoms with Crippen molar-refractivity contribution in [1.82, 2.24) is 4.90 Å². The maximum atomic E-state index is 11.1. The quantitative estimate of drug-likeness (QED) is 0.538. The SMILES string of the molecule is C#CCN1CC(CN)CC1=O. The first-order chi connectivity index (χ1) is 5.27. The highest BCUT2D eigenvalue weighted by Gasteiger charge is 2.27. The van der Waals surface area contributed by atoms with Crippen LogP contribution >= 0.6 is 0 Å². The number of rotatable bonds is 2. The molecule has 3 heteroatoms. The molecule has 60 valence electrons. The van der Waals surface area contributed by atoms with Crippen LogP contribution in [0, 0.1) is 18.3 Å². The predicted octanol–water partition coefficient (Wildman–Crippen LogP) is -0.573. The van der Waals surface area contributed by atoms with Gasteiger partial charge in [0.2, 0.25) is 5.91 Å². The summed E-state index contributed by atoms with van der Waals surface area (Å²) in [6, 6.07) is 0. The van der Waals surface area contributed by atoms with Crippen LogP contribution in [0.1, 0.15) is 6.42 Å². The van der Waals surface area contributed by atoms with E-state index in [0.29, 0.717) is 25.4 Å². The minimum Gasteiger partial charge on any atom is -0.331 e. The summed E-state index contributed by atoms with van der Waals surface area (Å²) in [6.45, 7) is 1.74. The van der Waals surface area contributed by atoms with Gasteiger partial charge in [0.1, 0.15) is 0 Å². The maximum Gasteiger partial charge on any atom is 0.223 e. The first-order valence-corrected chi connectivity index (χ1v) is 3.69. The van der Waals surface area contributed by atoms with Gasteiger partial charge in [-0.1, -0.05) is 5.92 Å². The Kier molecular flexibility index (Phi) is 2.50. The Balaban J connectivity index is 2.46. The van der Waals surface area contributed by atoms with Crippen LogP contribution in [0.15, 0.2) is 0 Å². The Bertz CT molecular complexity index is 195. The number of nitrogens with two attached hydrogens (primary N) is 1. The molecule has 1 amide bonds. The fraction of sp³-hybridized carbons (Fsp3) is 0.625. The molecule has 0 aromatic heterocycles. The van der Waals surface area contributed by atoms with Crippen LogP contribution in [0.25, 0.3) is 0 Å². The second kappa shape index (κ2) is 3.40. The van der Waals surface area contributed by atoms with E-state index in [1.807, 2.05) is 0 Å².